The fourth-order valence-corrected chi connectivity index (χ4v) is 5.06. The molecule has 0 N–H and O–H groups in total. The fraction of sp³-hybridized carbons (Fsp3) is 0.143. The van der Waals surface area contributed by atoms with Gasteiger partial charge in [0.25, 0.3) is 5.56 Å². The number of thiazole rings is 1. The van der Waals surface area contributed by atoms with Gasteiger partial charge >= 0.3 is 0 Å². The second kappa shape index (κ2) is 7.13. The topological polar surface area (TPSA) is 65.1 Å². The molecular weight excluding hydrogens is 402 g/mol. The van der Waals surface area contributed by atoms with Crippen LogP contribution in [0, 0.1) is 13.8 Å². The van der Waals surface area contributed by atoms with Gasteiger partial charge in [-0.25, -0.2) is 9.55 Å². The molecule has 0 aliphatic carbocycles. The van der Waals surface area contributed by atoms with Gasteiger partial charge in [0, 0.05) is 16.8 Å². The zero-order valence-electron chi connectivity index (χ0n) is 15.9. The molecule has 0 unspecified atom stereocenters. The Morgan fingerprint density at radius 2 is 1.83 bits per heavy atom. The molecule has 2 aromatic carbocycles. The van der Waals surface area contributed by atoms with Crippen molar-refractivity contribution >= 4 is 39.8 Å². The van der Waals surface area contributed by atoms with Crippen LogP contribution in [0.2, 0.25) is 0 Å². The summed E-state index contributed by atoms with van der Waals surface area (Å²) in [5.74, 6) is 1.27. The van der Waals surface area contributed by atoms with Crippen molar-refractivity contribution in [3.63, 3.8) is 0 Å². The normalized spacial score (nSPS) is 11.5. The summed E-state index contributed by atoms with van der Waals surface area (Å²) in [6.07, 6.45) is 1.90. The molecule has 144 valence electrons. The number of benzene rings is 2. The summed E-state index contributed by atoms with van der Waals surface area (Å²) < 4.78 is 3.60. The Bertz CT molecular complexity index is 1400. The summed E-state index contributed by atoms with van der Waals surface area (Å²) in [5.41, 5.74) is 2.62. The zero-order valence-corrected chi connectivity index (χ0v) is 17.5. The van der Waals surface area contributed by atoms with Gasteiger partial charge in [0.05, 0.1) is 21.6 Å². The van der Waals surface area contributed by atoms with Gasteiger partial charge in [-0.05, 0) is 38.1 Å². The molecule has 0 aliphatic heterocycles. The highest BCUT2D eigenvalue weighted by molar-refractivity contribution is 7.98. The van der Waals surface area contributed by atoms with Crippen LogP contribution in [0.5, 0.6) is 0 Å². The van der Waals surface area contributed by atoms with E-state index in [1.165, 1.54) is 4.88 Å². The Balaban J connectivity index is 1.73. The van der Waals surface area contributed by atoms with Crippen LogP contribution in [0.3, 0.4) is 0 Å². The lowest BCUT2D eigenvalue weighted by Crippen LogP contribution is -2.21. The highest BCUT2D eigenvalue weighted by atomic mass is 32.2. The van der Waals surface area contributed by atoms with Crippen LogP contribution in [0.25, 0.3) is 22.4 Å². The highest BCUT2D eigenvalue weighted by Crippen LogP contribution is 2.27. The molecule has 3 heterocycles. The molecule has 0 radical (unpaired) electrons. The summed E-state index contributed by atoms with van der Waals surface area (Å²) in [6.45, 7) is 4.02. The minimum atomic E-state index is -0.0982. The van der Waals surface area contributed by atoms with Crippen molar-refractivity contribution in [3.8, 4) is 5.69 Å². The second-order valence-electron chi connectivity index (χ2n) is 6.75. The van der Waals surface area contributed by atoms with Gasteiger partial charge in [0.15, 0.2) is 5.16 Å². The maximum absolute atomic E-state index is 13.3. The molecule has 29 heavy (non-hydrogen) atoms. The number of fused-ring (bicyclic) bond motifs is 3. The lowest BCUT2D eigenvalue weighted by atomic mass is 10.2. The van der Waals surface area contributed by atoms with Gasteiger partial charge in [-0.15, -0.1) is 21.5 Å². The number of hydrogen-bond donors (Lipinski definition) is 0. The van der Waals surface area contributed by atoms with Crippen LogP contribution in [-0.4, -0.2) is 24.1 Å². The van der Waals surface area contributed by atoms with Gasteiger partial charge in [0.2, 0.25) is 5.78 Å². The molecule has 0 bridgehead atoms. The summed E-state index contributed by atoms with van der Waals surface area (Å²) in [4.78, 5) is 18.8. The van der Waals surface area contributed by atoms with Crippen molar-refractivity contribution < 1.29 is 0 Å². The third-order valence-corrected chi connectivity index (χ3v) is 6.77. The Hall–Kier alpha value is -2.97. The first kappa shape index (κ1) is 18.1. The first-order chi connectivity index (χ1) is 14.1. The Labute approximate surface area is 174 Å². The lowest BCUT2D eigenvalue weighted by molar-refractivity contribution is 0.930. The predicted molar refractivity (Wildman–Crippen MR) is 117 cm³/mol. The van der Waals surface area contributed by atoms with Crippen LogP contribution in [0.15, 0.2) is 64.7 Å². The number of aryl methyl sites for hydroxylation is 2. The molecule has 0 amide bonds. The molecule has 8 heteroatoms. The predicted octanol–water partition coefficient (Wildman–Crippen LogP) is 4.40. The van der Waals surface area contributed by atoms with Gasteiger partial charge in [-0.1, -0.05) is 41.6 Å². The standard InChI is InChI=1S/C21H17N5OS2/c1-13-7-9-15(10-8-13)25-19(27)17-5-3-4-6-18(17)26-20(25)23-24-21(26)28-12-16-11-22-14(2)29-16/h3-11H,12H2,1-2H3. The van der Waals surface area contributed by atoms with E-state index in [0.29, 0.717) is 11.2 Å². The molecule has 0 spiro atoms. The fourth-order valence-electron chi connectivity index (χ4n) is 3.31. The van der Waals surface area contributed by atoms with Crippen LogP contribution in [0.1, 0.15) is 15.4 Å². The molecule has 3 aromatic heterocycles. The summed E-state index contributed by atoms with van der Waals surface area (Å²) in [6, 6.07) is 15.5. The van der Waals surface area contributed by atoms with Crippen molar-refractivity contribution in [1.82, 2.24) is 24.1 Å². The average Bonchev–Trinajstić information content (AvgIpc) is 3.34. The minimum absolute atomic E-state index is 0.0982. The number of hydrogen-bond acceptors (Lipinski definition) is 6. The molecule has 0 saturated heterocycles. The average molecular weight is 420 g/mol. The number of para-hydroxylation sites is 1. The molecule has 6 nitrogen and oxygen atoms in total. The number of aromatic nitrogens is 5. The third kappa shape index (κ3) is 3.14. The van der Waals surface area contributed by atoms with E-state index in [-0.39, 0.29) is 5.56 Å². The van der Waals surface area contributed by atoms with E-state index in [0.717, 1.165) is 32.7 Å². The Kier molecular flexibility index (Phi) is 4.44. The number of nitrogens with zero attached hydrogens (tertiary/aromatic N) is 5. The Morgan fingerprint density at radius 3 is 2.59 bits per heavy atom. The van der Waals surface area contributed by atoms with Crippen LogP contribution in [0.4, 0.5) is 0 Å². The summed E-state index contributed by atoms with van der Waals surface area (Å²) >= 11 is 3.27. The van der Waals surface area contributed by atoms with Crippen LogP contribution >= 0.6 is 23.1 Å². The van der Waals surface area contributed by atoms with E-state index in [1.54, 1.807) is 27.7 Å². The highest BCUT2D eigenvalue weighted by Gasteiger charge is 2.18. The second-order valence-corrected chi connectivity index (χ2v) is 9.01. The van der Waals surface area contributed by atoms with Gasteiger partial charge in [0.1, 0.15) is 0 Å². The number of thioether (sulfide) groups is 1. The van der Waals surface area contributed by atoms with Gasteiger partial charge in [-0.2, -0.15) is 0 Å². The van der Waals surface area contributed by atoms with E-state index < -0.39 is 0 Å². The quantitative estimate of drug-likeness (QED) is 0.404. The zero-order chi connectivity index (χ0) is 20.0. The number of rotatable bonds is 4. The molecule has 5 aromatic rings. The van der Waals surface area contributed by atoms with Crippen LogP contribution < -0.4 is 5.56 Å². The maximum Gasteiger partial charge on any atom is 0.267 e. The molecule has 0 saturated carbocycles. The maximum atomic E-state index is 13.3. The van der Waals surface area contributed by atoms with Crippen molar-refractivity contribution in [1.29, 1.82) is 0 Å². The Morgan fingerprint density at radius 1 is 1.03 bits per heavy atom. The lowest BCUT2D eigenvalue weighted by Gasteiger charge is -2.11. The molecule has 0 atom stereocenters. The monoisotopic (exact) mass is 419 g/mol. The van der Waals surface area contributed by atoms with E-state index in [2.05, 4.69) is 15.2 Å². The first-order valence-corrected chi connectivity index (χ1v) is 10.9. The van der Waals surface area contributed by atoms with Crippen molar-refractivity contribution in [3.05, 3.63) is 80.5 Å². The molecule has 5 rings (SSSR count). The summed E-state index contributed by atoms with van der Waals surface area (Å²) in [7, 11) is 0. The minimum Gasteiger partial charge on any atom is -0.268 e. The van der Waals surface area contributed by atoms with Gasteiger partial charge < -0.3 is 0 Å². The van der Waals surface area contributed by atoms with E-state index in [1.807, 2.05) is 73.0 Å². The smallest absolute Gasteiger partial charge is 0.267 e. The van der Waals surface area contributed by atoms with Crippen molar-refractivity contribution in [2.24, 2.45) is 0 Å². The SMILES string of the molecule is Cc1ccc(-n2c(=O)c3ccccc3n3c(SCc4cnc(C)s4)nnc23)cc1. The van der Waals surface area contributed by atoms with E-state index >= 15 is 0 Å². The van der Waals surface area contributed by atoms with Crippen LogP contribution in [-0.2, 0) is 5.75 Å². The third-order valence-electron chi connectivity index (χ3n) is 4.70. The largest absolute Gasteiger partial charge is 0.268 e. The first-order valence-electron chi connectivity index (χ1n) is 9.12. The van der Waals surface area contributed by atoms with Crippen molar-refractivity contribution in [2.45, 2.75) is 24.8 Å². The summed E-state index contributed by atoms with van der Waals surface area (Å²) in [5, 5.41) is 11.2. The van der Waals surface area contributed by atoms with Crippen molar-refractivity contribution in [2.75, 3.05) is 0 Å². The molecular formula is C21H17N5OS2. The van der Waals surface area contributed by atoms with E-state index in [9.17, 15) is 4.79 Å². The van der Waals surface area contributed by atoms with Gasteiger partial charge in [-0.3, -0.25) is 9.20 Å². The van der Waals surface area contributed by atoms with E-state index in [4.69, 9.17) is 0 Å². The molecule has 0 aliphatic rings. The molecule has 0 fully saturated rings.